The minimum Gasteiger partial charge on any atom is -0.481 e. The van der Waals surface area contributed by atoms with Crippen LogP contribution in [0.15, 0.2) is 30.3 Å². The fourth-order valence-electron chi connectivity index (χ4n) is 2.25. The number of benzene rings is 1. The lowest BCUT2D eigenvalue weighted by molar-refractivity contribution is -0.137. The highest BCUT2D eigenvalue weighted by atomic mass is 16.4. The Hall–Kier alpha value is -2.24. The molecule has 0 spiro atoms. The average molecular weight is 274 g/mol. The number of carboxylic acids is 1. The van der Waals surface area contributed by atoms with Crippen molar-refractivity contribution in [1.29, 1.82) is 0 Å². The summed E-state index contributed by atoms with van der Waals surface area (Å²) in [5.41, 5.74) is 1.17. The number of hydrogen-bond acceptors (Lipinski definition) is 4. The molecule has 1 aromatic carbocycles. The van der Waals surface area contributed by atoms with Gasteiger partial charge in [-0.3, -0.25) is 4.79 Å². The van der Waals surface area contributed by atoms with Gasteiger partial charge in [-0.25, -0.2) is 4.68 Å². The predicted octanol–water partition coefficient (Wildman–Crippen LogP) is 2.08. The molecule has 6 nitrogen and oxygen atoms in total. The minimum absolute atomic E-state index is 0.126. The van der Waals surface area contributed by atoms with Crippen molar-refractivity contribution in [2.24, 2.45) is 0 Å². The van der Waals surface area contributed by atoms with Crippen LogP contribution in [-0.2, 0) is 11.3 Å². The number of aliphatic carboxylic acids is 1. The molecule has 0 saturated carbocycles. The van der Waals surface area contributed by atoms with Crippen molar-refractivity contribution in [2.45, 2.75) is 38.6 Å². The number of carbonyl (C=O) groups is 1. The quantitative estimate of drug-likeness (QED) is 0.836. The van der Waals surface area contributed by atoms with Crippen molar-refractivity contribution < 1.29 is 9.90 Å². The van der Waals surface area contributed by atoms with E-state index >= 15 is 0 Å². The topological polar surface area (TPSA) is 80.9 Å². The van der Waals surface area contributed by atoms with Crippen LogP contribution in [0.25, 0.3) is 0 Å². The first-order valence-corrected chi connectivity index (χ1v) is 6.75. The number of carboxylic acid groups (broad SMARTS) is 1. The van der Waals surface area contributed by atoms with Crippen molar-refractivity contribution in [1.82, 2.24) is 20.2 Å². The van der Waals surface area contributed by atoms with Crippen LogP contribution in [0.4, 0.5) is 0 Å². The molecule has 0 bridgehead atoms. The second-order valence-corrected chi connectivity index (χ2v) is 4.63. The van der Waals surface area contributed by atoms with E-state index in [1.165, 1.54) is 5.56 Å². The zero-order chi connectivity index (χ0) is 14.4. The van der Waals surface area contributed by atoms with Crippen LogP contribution in [-0.4, -0.2) is 31.3 Å². The summed E-state index contributed by atoms with van der Waals surface area (Å²) in [6, 6.07) is 10.1. The molecular weight excluding hydrogens is 256 g/mol. The standard InChI is InChI=1S/C14H18N4O2/c1-2-12(11-7-4-3-5-8-11)14-15-16-17-18(14)10-6-9-13(19)20/h3-5,7-8,12H,2,6,9-10H2,1H3,(H,19,20). The van der Waals surface area contributed by atoms with E-state index in [9.17, 15) is 4.79 Å². The Bertz CT molecular complexity index is 553. The fraction of sp³-hybridized carbons (Fsp3) is 0.429. The van der Waals surface area contributed by atoms with Gasteiger partial charge >= 0.3 is 5.97 Å². The smallest absolute Gasteiger partial charge is 0.303 e. The fourth-order valence-corrected chi connectivity index (χ4v) is 2.25. The Morgan fingerprint density at radius 2 is 2.10 bits per heavy atom. The van der Waals surface area contributed by atoms with Crippen LogP contribution >= 0.6 is 0 Å². The maximum absolute atomic E-state index is 10.6. The van der Waals surface area contributed by atoms with E-state index in [1.54, 1.807) is 4.68 Å². The molecule has 0 saturated heterocycles. The first kappa shape index (κ1) is 14.2. The number of aryl methyl sites for hydroxylation is 1. The maximum Gasteiger partial charge on any atom is 0.303 e. The third-order valence-electron chi connectivity index (χ3n) is 3.24. The van der Waals surface area contributed by atoms with Crippen LogP contribution in [0.5, 0.6) is 0 Å². The van der Waals surface area contributed by atoms with Crippen LogP contribution in [0, 0.1) is 0 Å². The summed E-state index contributed by atoms with van der Waals surface area (Å²) >= 11 is 0. The van der Waals surface area contributed by atoms with Crippen molar-refractivity contribution in [3.63, 3.8) is 0 Å². The average Bonchev–Trinajstić information content (AvgIpc) is 2.89. The lowest BCUT2D eigenvalue weighted by Crippen LogP contribution is -2.12. The van der Waals surface area contributed by atoms with Crippen LogP contribution in [0.1, 0.15) is 43.5 Å². The van der Waals surface area contributed by atoms with Gasteiger partial charge in [-0.05, 0) is 28.8 Å². The Morgan fingerprint density at radius 3 is 2.75 bits per heavy atom. The van der Waals surface area contributed by atoms with Gasteiger partial charge in [0.1, 0.15) is 0 Å². The molecule has 1 heterocycles. The zero-order valence-corrected chi connectivity index (χ0v) is 11.4. The van der Waals surface area contributed by atoms with Crippen LogP contribution in [0.3, 0.4) is 0 Å². The first-order valence-electron chi connectivity index (χ1n) is 6.75. The van der Waals surface area contributed by atoms with E-state index in [1.807, 2.05) is 18.2 Å². The lowest BCUT2D eigenvalue weighted by atomic mass is 9.96. The van der Waals surface area contributed by atoms with Gasteiger partial charge < -0.3 is 5.11 Å². The molecule has 1 atom stereocenters. The highest BCUT2D eigenvalue weighted by Gasteiger charge is 2.19. The van der Waals surface area contributed by atoms with Gasteiger partial charge in [-0.1, -0.05) is 37.3 Å². The molecule has 0 amide bonds. The third kappa shape index (κ3) is 3.40. The molecule has 1 aromatic heterocycles. The summed E-state index contributed by atoms with van der Waals surface area (Å²) in [7, 11) is 0. The van der Waals surface area contributed by atoms with Gasteiger partial charge in [-0.2, -0.15) is 0 Å². The molecule has 0 aliphatic heterocycles. The molecule has 0 radical (unpaired) electrons. The van der Waals surface area contributed by atoms with Gasteiger partial charge in [0, 0.05) is 18.9 Å². The molecule has 0 aliphatic rings. The number of rotatable bonds is 7. The number of tetrazole rings is 1. The normalized spacial score (nSPS) is 12.2. The Morgan fingerprint density at radius 1 is 1.35 bits per heavy atom. The van der Waals surface area contributed by atoms with Crippen LogP contribution in [0.2, 0.25) is 0 Å². The number of aromatic nitrogens is 4. The molecule has 2 rings (SSSR count). The molecule has 2 aromatic rings. The summed E-state index contributed by atoms with van der Waals surface area (Å²) in [6.45, 7) is 2.62. The number of nitrogens with zero attached hydrogens (tertiary/aromatic N) is 4. The second kappa shape index (κ2) is 6.79. The summed E-state index contributed by atoms with van der Waals surface area (Å²) in [6.07, 6.45) is 1.54. The van der Waals surface area contributed by atoms with Gasteiger partial charge in [-0.15, -0.1) is 5.10 Å². The van der Waals surface area contributed by atoms with E-state index in [-0.39, 0.29) is 12.3 Å². The molecule has 0 aliphatic carbocycles. The van der Waals surface area contributed by atoms with E-state index in [2.05, 4.69) is 34.6 Å². The molecule has 1 unspecified atom stereocenters. The molecule has 106 valence electrons. The molecule has 1 N–H and O–H groups in total. The molecule has 20 heavy (non-hydrogen) atoms. The van der Waals surface area contributed by atoms with Crippen molar-refractivity contribution in [3.8, 4) is 0 Å². The third-order valence-corrected chi connectivity index (χ3v) is 3.24. The van der Waals surface area contributed by atoms with Crippen LogP contribution < -0.4 is 0 Å². The van der Waals surface area contributed by atoms with Crippen molar-refractivity contribution >= 4 is 5.97 Å². The Labute approximate surface area is 117 Å². The SMILES string of the molecule is CCC(c1ccccc1)c1nnnn1CCCC(=O)O. The first-order chi connectivity index (χ1) is 9.72. The maximum atomic E-state index is 10.6. The van der Waals surface area contributed by atoms with Gasteiger partial charge in [0.2, 0.25) is 0 Å². The van der Waals surface area contributed by atoms with E-state index in [4.69, 9.17) is 5.11 Å². The highest BCUT2D eigenvalue weighted by Crippen LogP contribution is 2.25. The lowest BCUT2D eigenvalue weighted by Gasteiger charge is -2.14. The highest BCUT2D eigenvalue weighted by molar-refractivity contribution is 5.66. The Balaban J connectivity index is 2.15. The van der Waals surface area contributed by atoms with Gasteiger partial charge in [0.25, 0.3) is 0 Å². The summed E-state index contributed by atoms with van der Waals surface area (Å²) in [5.74, 6) is 0.134. The van der Waals surface area contributed by atoms with E-state index in [0.717, 1.165) is 12.2 Å². The molecular formula is C14H18N4O2. The number of hydrogen-bond donors (Lipinski definition) is 1. The zero-order valence-electron chi connectivity index (χ0n) is 11.4. The summed E-state index contributed by atoms with van der Waals surface area (Å²) in [4.78, 5) is 10.6. The largest absolute Gasteiger partial charge is 0.481 e. The van der Waals surface area contributed by atoms with E-state index in [0.29, 0.717) is 13.0 Å². The Kier molecular flexibility index (Phi) is 4.81. The summed E-state index contributed by atoms with van der Waals surface area (Å²) < 4.78 is 1.71. The molecule has 0 fully saturated rings. The van der Waals surface area contributed by atoms with Crippen molar-refractivity contribution in [2.75, 3.05) is 0 Å². The van der Waals surface area contributed by atoms with Crippen molar-refractivity contribution in [3.05, 3.63) is 41.7 Å². The predicted molar refractivity (Wildman–Crippen MR) is 73.3 cm³/mol. The monoisotopic (exact) mass is 274 g/mol. The minimum atomic E-state index is -0.797. The van der Waals surface area contributed by atoms with E-state index < -0.39 is 5.97 Å². The van der Waals surface area contributed by atoms with Gasteiger partial charge in [0.15, 0.2) is 5.82 Å². The van der Waals surface area contributed by atoms with Gasteiger partial charge in [0.05, 0.1) is 0 Å². The molecule has 6 heteroatoms. The summed E-state index contributed by atoms with van der Waals surface area (Å²) in [5, 5.41) is 20.5. The second-order valence-electron chi connectivity index (χ2n) is 4.63.